The summed E-state index contributed by atoms with van der Waals surface area (Å²) in [5.41, 5.74) is 4.99. The van der Waals surface area contributed by atoms with Crippen molar-refractivity contribution >= 4 is 22.7 Å². The molecule has 0 bridgehead atoms. The SMILES string of the molecule is Cc1noc2nc(C3CC3)cc(C(=O)OCc3cn4cccc(C)c4n3)c12. The van der Waals surface area contributed by atoms with Crippen molar-refractivity contribution in [3.05, 3.63) is 58.8 Å². The molecule has 0 spiro atoms. The van der Waals surface area contributed by atoms with E-state index in [9.17, 15) is 4.79 Å². The van der Waals surface area contributed by atoms with E-state index < -0.39 is 5.97 Å². The monoisotopic (exact) mass is 362 g/mol. The normalized spacial score (nSPS) is 14.1. The highest BCUT2D eigenvalue weighted by atomic mass is 16.5. The maximum absolute atomic E-state index is 12.8. The van der Waals surface area contributed by atoms with Crippen LogP contribution in [0.15, 0.2) is 35.1 Å². The average molecular weight is 362 g/mol. The minimum Gasteiger partial charge on any atom is -0.455 e. The molecule has 4 heterocycles. The summed E-state index contributed by atoms with van der Waals surface area (Å²) in [7, 11) is 0. The van der Waals surface area contributed by atoms with Crippen LogP contribution in [-0.4, -0.2) is 25.5 Å². The molecule has 0 aliphatic heterocycles. The van der Waals surface area contributed by atoms with Crippen molar-refractivity contribution in [3.8, 4) is 0 Å². The molecule has 7 nitrogen and oxygen atoms in total. The van der Waals surface area contributed by atoms with Crippen molar-refractivity contribution in [1.29, 1.82) is 0 Å². The van der Waals surface area contributed by atoms with E-state index in [0.717, 1.165) is 29.7 Å². The van der Waals surface area contributed by atoms with Gasteiger partial charge in [-0.15, -0.1) is 0 Å². The third-order valence-electron chi connectivity index (χ3n) is 4.93. The van der Waals surface area contributed by atoms with Crippen LogP contribution in [0.2, 0.25) is 0 Å². The van der Waals surface area contributed by atoms with Crippen molar-refractivity contribution in [2.75, 3.05) is 0 Å². The summed E-state index contributed by atoms with van der Waals surface area (Å²) in [6, 6.07) is 5.78. The quantitative estimate of drug-likeness (QED) is 0.515. The number of esters is 1. The Bertz CT molecular complexity index is 1190. The van der Waals surface area contributed by atoms with Gasteiger partial charge in [0.05, 0.1) is 22.3 Å². The number of hydrogen-bond acceptors (Lipinski definition) is 6. The first-order valence-electron chi connectivity index (χ1n) is 8.97. The summed E-state index contributed by atoms with van der Waals surface area (Å²) in [5.74, 6) is -0.0165. The van der Waals surface area contributed by atoms with Crippen LogP contribution in [0.4, 0.5) is 0 Å². The molecular formula is C20H18N4O3. The van der Waals surface area contributed by atoms with Crippen molar-refractivity contribution in [3.63, 3.8) is 0 Å². The molecule has 4 aromatic rings. The fraction of sp³-hybridized carbons (Fsp3) is 0.300. The Hall–Kier alpha value is -3.22. The minimum absolute atomic E-state index is 0.104. The number of imidazole rings is 1. The number of fused-ring (bicyclic) bond motifs is 2. The van der Waals surface area contributed by atoms with Crippen LogP contribution in [-0.2, 0) is 11.3 Å². The maximum Gasteiger partial charge on any atom is 0.339 e. The van der Waals surface area contributed by atoms with Crippen LogP contribution in [0.25, 0.3) is 16.7 Å². The second-order valence-electron chi connectivity index (χ2n) is 7.05. The van der Waals surface area contributed by atoms with Crippen LogP contribution < -0.4 is 0 Å². The Morgan fingerprint density at radius 2 is 2.19 bits per heavy atom. The highest BCUT2D eigenvalue weighted by molar-refractivity contribution is 6.03. The third kappa shape index (κ3) is 2.75. The van der Waals surface area contributed by atoms with E-state index in [0.29, 0.717) is 34.0 Å². The zero-order chi connectivity index (χ0) is 18.5. The molecule has 4 aromatic heterocycles. The number of aryl methyl sites for hydroxylation is 2. The number of carbonyl (C=O) groups is 1. The van der Waals surface area contributed by atoms with Crippen LogP contribution in [0, 0.1) is 13.8 Å². The standard InChI is InChI=1S/C20H18N4O3/c1-11-4-3-7-24-9-14(21-18(11)24)10-26-20(25)15-8-16(13-5-6-13)22-19-17(15)12(2)23-27-19/h3-4,7-9,13H,5-6,10H2,1-2H3. The minimum atomic E-state index is -0.413. The van der Waals surface area contributed by atoms with Crippen molar-refractivity contribution in [2.45, 2.75) is 39.2 Å². The fourth-order valence-electron chi connectivity index (χ4n) is 3.35. The molecule has 1 fully saturated rings. The van der Waals surface area contributed by atoms with Crippen LogP contribution in [0.5, 0.6) is 0 Å². The highest BCUT2D eigenvalue weighted by Gasteiger charge is 2.29. The van der Waals surface area contributed by atoms with E-state index in [4.69, 9.17) is 9.26 Å². The summed E-state index contributed by atoms with van der Waals surface area (Å²) in [6.07, 6.45) is 5.97. The van der Waals surface area contributed by atoms with Gasteiger partial charge in [0.25, 0.3) is 5.71 Å². The molecule has 0 radical (unpaired) electrons. The van der Waals surface area contributed by atoms with Gasteiger partial charge in [0.2, 0.25) is 0 Å². The van der Waals surface area contributed by atoms with Gasteiger partial charge in [-0.1, -0.05) is 11.2 Å². The summed E-state index contributed by atoms with van der Waals surface area (Å²) < 4.78 is 12.8. The van der Waals surface area contributed by atoms with E-state index in [1.165, 1.54) is 0 Å². The van der Waals surface area contributed by atoms with Gasteiger partial charge < -0.3 is 13.7 Å². The van der Waals surface area contributed by atoms with Gasteiger partial charge in [-0.2, -0.15) is 0 Å². The van der Waals surface area contributed by atoms with Gasteiger partial charge >= 0.3 is 5.97 Å². The molecule has 1 aliphatic carbocycles. The molecule has 0 aromatic carbocycles. The highest BCUT2D eigenvalue weighted by Crippen LogP contribution is 2.40. The molecule has 0 atom stereocenters. The van der Waals surface area contributed by atoms with Crippen molar-refractivity contribution in [2.24, 2.45) is 0 Å². The Morgan fingerprint density at radius 3 is 2.96 bits per heavy atom. The first-order valence-corrected chi connectivity index (χ1v) is 8.97. The van der Waals surface area contributed by atoms with E-state index in [-0.39, 0.29) is 6.61 Å². The van der Waals surface area contributed by atoms with E-state index >= 15 is 0 Å². The largest absolute Gasteiger partial charge is 0.455 e. The van der Waals surface area contributed by atoms with Crippen molar-refractivity contribution in [1.82, 2.24) is 19.5 Å². The number of rotatable bonds is 4. The van der Waals surface area contributed by atoms with Gasteiger partial charge in [-0.3, -0.25) is 0 Å². The second kappa shape index (κ2) is 5.90. The van der Waals surface area contributed by atoms with Gasteiger partial charge in [0.15, 0.2) is 0 Å². The summed E-state index contributed by atoms with van der Waals surface area (Å²) in [6.45, 7) is 3.90. The molecule has 7 heteroatoms. The lowest BCUT2D eigenvalue weighted by Crippen LogP contribution is -2.08. The van der Waals surface area contributed by atoms with E-state index in [1.807, 2.05) is 41.9 Å². The summed E-state index contributed by atoms with van der Waals surface area (Å²) in [4.78, 5) is 21.9. The molecule has 0 saturated heterocycles. The predicted octanol–water partition coefficient (Wildman–Crippen LogP) is 3.72. The molecular weight excluding hydrogens is 344 g/mol. The predicted molar refractivity (Wildman–Crippen MR) is 97.6 cm³/mol. The lowest BCUT2D eigenvalue weighted by molar-refractivity contribution is 0.0470. The first-order chi connectivity index (χ1) is 13.1. The molecule has 0 amide bonds. The molecule has 0 unspecified atom stereocenters. The van der Waals surface area contributed by atoms with Crippen molar-refractivity contribution < 1.29 is 14.1 Å². The van der Waals surface area contributed by atoms with Gasteiger partial charge in [-0.25, -0.2) is 14.8 Å². The Kier molecular flexibility index (Phi) is 3.50. The van der Waals surface area contributed by atoms with Gasteiger partial charge in [-0.05, 0) is 44.4 Å². The fourth-order valence-corrected chi connectivity index (χ4v) is 3.35. The molecule has 0 N–H and O–H groups in total. The zero-order valence-electron chi connectivity index (χ0n) is 15.1. The van der Waals surface area contributed by atoms with Crippen LogP contribution in [0.1, 0.15) is 51.8 Å². The Labute approximate surface area is 155 Å². The molecule has 1 aliphatic rings. The zero-order valence-corrected chi connectivity index (χ0v) is 15.1. The van der Waals surface area contributed by atoms with E-state index in [2.05, 4.69) is 15.1 Å². The molecule has 1 saturated carbocycles. The second-order valence-corrected chi connectivity index (χ2v) is 7.05. The van der Waals surface area contributed by atoms with Gasteiger partial charge in [0.1, 0.15) is 12.3 Å². The lowest BCUT2D eigenvalue weighted by atomic mass is 10.1. The smallest absolute Gasteiger partial charge is 0.339 e. The Morgan fingerprint density at radius 1 is 1.33 bits per heavy atom. The number of carbonyl (C=O) groups excluding carboxylic acids is 1. The maximum atomic E-state index is 12.8. The number of pyridine rings is 2. The van der Waals surface area contributed by atoms with Crippen LogP contribution >= 0.6 is 0 Å². The molecule has 5 rings (SSSR count). The number of aromatic nitrogens is 4. The van der Waals surface area contributed by atoms with Gasteiger partial charge in [0, 0.05) is 24.0 Å². The van der Waals surface area contributed by atoms with E-state index in [1.54, 1.807) is 6.92 Å². The molecule has 136 valence electrons. The number of nitrogens with zero attached hydrogens (tertiary/aromatic N) is 4. The summed E-state index contributed by atoms with van der Waals surface area (Å²) >= 11 is 0. The topological polar surface area (TPSA) is 82.5 Å². The Balaban J connectivity index is 1.45. The average Bonchev–Trinajstić information content (AvgIpc) is 3.33. The van der Waals surface area contributed by atoms with Crippen LogP contribution in [0.3, 0.4) is 0 Å². The number of ether oxygens (including phenoxy) is 1. The molecule has 27 heavy (non-hydrogen) atoms. The first kappa shape index (κ1) is 16.0. The third-order valence-corrected chi connectivity index (χ3v) is 4.93. The number of hydrogen-bond donors (Lipinski definition) is 0. The lowest BCUT2D eigenvalue weighted by Gasteiger charge is -2.06. The summed E-state index contributed by atoms with van der Waals surface area (Å²) in [5, 5.41) is 4.58.